The maximum Gasteiger partial charge on any atom is 0.182 e. The monoisotopic (exact) mass is 280 g/mol. The Labute approximate surface area is 124 Å². The second kappa shape index (κ2) is 7.05. The molecule has 3 nitrogen and oxygen atoms in total. The van der Waals surface area contributed by atoms with Crippen LogP contribution in [0.15, 0.2) is 24.7 Å². The smallest absolute Gasteiger partial charge is 0.182 e. The highest BCUT2D eigenvalue weighted by molar-refractivity contribution is 4.94. The molecular weight excluding hydrogens is 248 g/mol. The molecule has 2 atom stereocenters. The lowest BCUT2D eigenvalue weighted by molar-refractivity contribution is 0.00212. The number of ether oxygens (including phenoxy) is 1. The number of allylic oxidation sites excluding steroid dienone is 1. The molecule has 1 fully saturated rings. The summed E-state index contributed by atoms with van der Waals surface area (Å²) in [6, 6.07) is 0. The molecule has 0 aromatic carbocycles. The van der Waals surface area contributed by atoms with Gasteiger partial charge in [-0.1, -0.05) is 19.4 Å². The Hall–Kier alpha value is -1.12. The Balaban J connectivity index is 2.55. The summed E-state index contributed by atoms with van der Waals surface area (Å²) >= 11 is 0. The lowest BCUT2D eigenvalue weighted by atomic mass is 9.77. The van der Waals surface area contributed by atoms with E-state index in [0.717, 1.165) is 24.5 Å². The highest BCUT2D eigenvalue weighted by Crippen LogP contribution is 2.34. The minimum atomic E-state index is -0.192. The summed E-state index contributed by atoms with van der Waals surface area (Å²) < 4.78 is 5.85. The van der Waals surface area contributed by atoms with Crippen LogP contribution in [0.4, 0.5) is 0 Å². The van der Waals surface area contributed by atoms with Gasteiger partial charge in [-0.05, 0) is 58.4 Å². The van der Waals surface area contributed by atoms with Gasteiger partial charge in [-0.2, -0.15) is 0 Å². The van der Waals surface area contributed by atoms with Gasteiger partial charge in [0.15, 0.2) is 5.88 Å². The van der Waals surface area contributed by atoms with Gasteiger partial charge in [-0.3, -0.25) is 0 Å². The second-order valence-corrected chi connectivity index (χ2v) is 7.16. The quantitative estimate of drug-likeness (QED) is 0.751. The summed E-state index contributed by atoms with van der Waals surface area (Å²) in [7, 11) is 2.07. The first-order chi connectivity index (χ1) is 9.19. The number of rotatable bonds is 6. The van der Waals surface area contributed by atoms with Gasteiger partial charge in [0, 0.05) is 19.3 Å². The Bertz CT molecular complexity index is 343. The maximum absolute atomic E-state index is 5.85. The second-order valence-electron chi connectivity index (χ2n) is 7.16. The predicted octanol–water partition coefficient (Wildman–Crippen LogP) is 3.87. The van der Waals surface area contributed by atoms with Gasteiger partial charge < -0.3 is 15.4 Å². The molecule has 1 aliphatic rings. The molecular formula is C17H32N2O. The molecule has 0 aliphatic heterocycles. The molecule has 0 heterocycles. The van der Waals surface area contributed by atoms with Crippen molar-refractivity contribution in [2.75, 3.05) is 13.6 Å². The third-order valence-electron chi connectivity index (χ3n) is 3.95. The molecule has 0 amide bonds. The van der Waals surface area contributed by atoms with Gasteiger partial charge in [0.2, 0.25) is 0 Å². The van der Waals surface area contributed by atoms with Crippen molar-refractivity contribution < 1.29 is 4.74 Å². The lowest BCUT2D eigenvalue weighted by Crippen LogP contribution is -2.34. The van der Waals surface area contributed by atoms with E-state index in [9.17, 15) is 0 Å². The van der Waals surface area contributed by atoms with Gasteiger partial charge in [-0.25, -0.2) is 0 Å². The van der Waals surface area contributed by atoms with Crippen molar-refractivity contribution in [1.82, 2.24) is 4.90 Å². The minimum absolute atomic E-state index is 0.192. The van der Waals surface area contributed by atoms with E-state index < -0.39 is 0 Å². The van der Waals surface area contributed by atoms with Crippen LogP contribution in [0.3, 0.4) is 0 Å². The zero-order chi connectivity index (χ0) is 15.3. The number of nitrogens with zero attached hydrogens (tertiary/aromatic N) is 1. The molecule has 2 unspecified atom stereocenters. The Kier molecular flexibility index (Phi) is 5.97. The highest BCUT2D eigenvalue weighted by atomic mass is 16.5. The van der Waals surface area contributed by atoms with Crippen LogP contribution in [0.5, 0.6) is 0 Å². The average molecular weight is 280 g/mol. The Morgan fingerprint density at radius 3 is 2.25 bits per heavy atom. The molecule has 116 valence electrons. The third-order valence-corrected chi connectivity index (χ3v) is 3.95. The van der Waals surface area contributed by atoms with Crippen LogP contribution >= 0.6 is 0 Å². The summed E-state index contributed by atoms with van der Waals surface area (Å²) in [6.45, 7) is 15.1. The average Bonchev–Trinajstić information content (AvgIpc) is 2.28. The fraction of sp³-hybridized carbons (Fsp3) is 0.765. The van der Waals surface area contributed by atoms with Crippen LogP contribution in [-0.4, -0.2) is 24.1 Å². The van der Waals surface area contributed by atoms with E-state index in [4.69, 9.17) is 10.5 Å². The first kappa shape index (κ1) is 16.9. The standard InChI is InChI=1S/C17H32N2O/c1-13(18)11-15-9-7-8-10-16(15)12-19(6)14(2)20-17(3,4)5/h15-16H,1-2,7-12,18H2,3-6H3. The van der Waals surface area contributed by atoms with Gasteiger partial charge in [0.05, 0.1) is 0 Å². The van der Waals surface area contributed by atoms with E-state index in [2.05, 4.69) is 25.1 Å². The Morgan fingerprint density at radius 1 is 1.20 bits per heavy atom. The molecule has 3 heteroatoms. The van der Waals surface area contributed by atoms with Crippen LogP contribution in [0.25, 0.3) is 0 Å². The van der Waals surface area contributed by atoms with Crippen LogP contribution < -0.4 is 5.73 Å². The van der Waals surface area contributed by atoms with Crippen molar-refractivity contribution in [3.63, 3.8) is 0 Å². The van der Waals surface area contributed by atoms with Crippen molar-refractivity contribution in [3.05, 3.63) is 24.7 Å². The zero-order valence-electron chi connectivity index (χ0n) is 13.7. The predicted molar refractivity (Wildman–Crippen MR) is 86.0 cm³/mol. The van der Waals surface area contributed by atoms with Gasteiger partial charge in [-0.15, -0.1) is 0 Å². The normalized spacial score (nSPS) is 23.2. The molecule has 0 saturated heterocycles. The minimum Gasteiger partial charge on any atom is -0.474 e. The molecule has 1 rings (SSSR count). The van der Waals surface area contributed by atoms with Crippen molar-refractivity contribution >= 4 is 0 Å². The molecule has 2 N–H and O–H groups in total. The first-order valence-electron chi connectivity index (χ1n) is 7.71. The highest BCUT2D eigenvalue weighted by Gasteiger charge is 2.27. The van der Waals surface area contributed by atoms with E-state index in [-0.39, 0.29) is 5.60 Å². The molecule has 20 heavy (non-hydrogen) atoms. The first-order valence-corrected chi connectivity index (χ1v) is 7.71. The largest absolute Gasteiger partial charge is 0.474 e. The summed E-state index contributed by atoms with van der Waals surface area (Å²) in [5.41, 5.74) is 6.43. The van der Waals surface area contributed by atoms with E-state index in [1.54, 1.807) is 0 Å². The fourth-order valence-electron chi connectivity index (χ4n) is 3.02. The van der Waals surface area contributed by atoms with E-state index in [1.165, 1.54) is 25.7 Å². The lowest BCUT2D eigenvalue weighted by Gasteiger charge is -2.36. The molecule has 0 aromatic heterocycles. The third kappa shape index (κ3) is 5.89. The van der Waals surface area contributed by atoms with Crippen molar-refractivity contribution in [2.24, 2.45) is 17.6 Å². The fourth-order valence-corrected chi connectivity index (χ4v) is 3.02. The van der Waals surface area contributed by atoms with E-state index in [1.807, 2.05) is 20.8 Å². The van der Waals surface area contributed by atoms with Gasteiger partial charge in [0.25, 0.3) is 0 Å². The van der Waals surface area contributed by atoms with Crippen molar-refractivity contribution in [3.8, 4) is 0 Å². The molecule has 1 aliphatic carbocycles. The summed E-state index contributed by atoms with van der Waals surface area (Å²) in [5.74, 6) is 2.08. The molecule has 1 saturated carbocycles. The summed E-state index contributed by atoms with van der Waals surface area (Å²) in [4.78, 5) is 2.15. The van der Waals surface area contributed by atoms with Crippen LogP contribution in [0.2, 0.25) is 0 Å². The SMILES string of the molecule is C=C(N)CC1CCCCC1CN(C)C(=C)OC(C)(C)C. The topological polar surface area (TPSA) is 38.5 Å². The van der Waals surface area contributed by atoms with Gasteiger partial charge >= 0.3 is 0 Å². The number of nitrogens with two attached hydrogens (primary N) is 1. The Morgan fingerprint density at radius 2 is 1.75 bits per heavy atom. The van der Waals surface area contributed by atoms with Crippen molar-refractivity contribution in [2.45, 2.75) is 58.5 Å². The van der Waals surface area contributed by atoms with E-state index in [0.29, 0.717) is 11.8 Å². The summed E-state index contributed by atoms with van der Waals surface area (Å²) in [5, 5.41) is 0. The van der Waals surface area contributed by atoms with Crippen molar-refractivity contribution in [1.29, 1.82) is 0 Å². The molecule has 0 spiro atoms. The summed E-state index contributed by atoms with van der Waals surface area (Å²) in [6.07, 6.45) is 6.12. The maximum atomic E-state index is 5.85. The number of hydrogen-bond donors (Lipinski definition) is 1. The molecule has 0 aromatic rings. The molecule has 0 bridgehead atoms. The zero-order valence-corrected chi connectivity index (χ0v) is 13.7. The molecule has 0 radical (unpaired) electrons. The van der Waals surface area contributed by atoms with Crippen LogP contribution in [-0.2, 0) is 4.74 Å². The van der Waals surface area contributed by atoms with Gasteiger partial charge in [0.1, 0.15) is 5.60 Å². The van der Waals surface area contributed by atoms with Crippen LogP contribution in [0, 0.1) is 11.8 Å². The number of hydrogen-bond acceptors (Lipinski definition) is 3. The van der Waals surface area contributed by atoms with E-state index >= 15 is 0 Å². The van der Waals surface area contributed by atoms with Crippen LogP contribution in [0.1, 0.15) is 52.9 Å².